The molecule has 1 aliphatic heterocycles. The fourth-order valence-corrected chi connectivity index (χ4v) is 5.95. The van der Waals surface area contributed by atoms with Crippen LogP contribution in [0.4, 0.5) is 0 Å². The Bertz CT molecular complexity index is 895. The number of rotatable bonds is 7. The van der Waals surface area contributed by atoms with Gasteiger partial charge in [0.25, 0.3) is 0 Å². The average molecular weight is 414 g/mol. The summed E-state index contributed by atoms with van der Waals surface area (Å²) in [7, 11) is -1.10. The van der Waals surface area contributed by atoms with Crippen molar-refractivity contribution in [1.82, 2.24) is 4.90 Å². The summed E-state index contributed by atoms with van der Waals surface area (Å²) in [6.45, 7) is 8.40. The number of piperidine rings is 1. The molecular weight excluding hydrogens is 382 g/mol. The molecule has 1 N–H and O–H groups in total. The van der Waals surface area contributed by atoms with Gasteiger partial charge >= 0.3 is 5.97 Å². The standard InChI is InChI=1S/C24H31NO3S/c1-17-9-6-12-22(19(17)3)23(21-11-5-4-8-18(21)2)29(28)15-14-25-13-7-10-20(16-25)24(26)27/h4-6,8-9,11-12,20,23H,7,10,13-16H2,1-3H3,(H,26,27). The van der Waals surface area contributed by atoms with Crippen LogP contribution in [-0.4, -0.2) is 45.6 Å². The van der Waals surface area contributed by atoms with Gasteiger partial charge in [-0.3, -0.25) is 9.00 Å². The molecule has 0 amide bonds. The number of hydrogen-bond acceptors (Lipinski definition) is 3. The summed E-state index contributed by atoms with van der Waals surface area (Å²) >= 11 is 0. The van der Waals surface area contributed by atoms with Crippen LogP contribution in [0, 0.1) is 26.7 Å². The number of aryl methyl sites for hydroxylation is 2. The van der Waals surface area contributed by atoms with Gasteiger partial charge < -0.3 is 10.0 Å². The van der Waals surface area contributed by atoms with Gasteiger partial charge in [-0.2, -0.15) is 0 Å². The molecule has 1 fully saturated rings. The highest BCUT2D eigenvalue weighted by atomic mass is 32.2. The molecule has 0 aliphatic carbocycles. The largest absolute Gasteiger partial charge is 0.481 e. The van der Waals surface area contributed by atoms with Crippen molar-refractivity contribution < 1.29 is 14.1 Å². The molecule has 2 aromatic carbocycles. The second-order valence-corrected chi connectivity index (χ2v) is 9.73. The fourth-order valence-electron chi connectivity index (χ4n) is 4.19. The van der Waals surface area contributed by atoms with E-state index in [-0.39, 0.29) is 11.2 Å². The second kappa shape index (κ2) is 9.68. The molecule has 3 rings (SSSR count). The predicted octanol–water partition coefficient (Wildman–Crippen LogP) is 4.25. The maximum absolute atomic E-state index is 13.6. The van der Waals surface area contributed by atoms with Crippen molar-refractivity contribution in [3.63, 3.8) is 0 Å². The number of benzene rings is 2. The van der Waals surface area contributed by atoms with Crippen LogP contribution in [0.1, 0.15) is 45.9 Å². The lowest BCUT2D eigenvalue weighted by Crippen LogP contribution is -2.40. The third kappa shape index (κ3) is 5.14. The van der Waals surface area contributed by atoms with Crippen molar-refractivity contribution >= 4 is 16.8 Å². The molecule has 0 saturated carbocycles. The van der Waals surface area contributed by atoms with E-state index < -0.39 is 16.8 Å². The van der Waals surface area contributed by atoms with E-state index in [0.29, 0.717) is 18.8 Å². The van der Waals surface area contributed by atoms with E-state index in [1.54, 1.807) is 0 Å². The van der Waals surface area contributed by atoms with Crippen LogP contribution in [0.25, 0.3) is 0 Å². The van der Waals surface area contributed by atoms with Crippen molar-refractivity contribution in [3.05, 3.63) is 70.3 Å². The van der Waals surface area contributed by atoms with E-state index in [0.717, 1.165) is 36.1 Å². The molecule has 156 valence electrons. The number of carboxylic acid groups (broad SMARTS) is 1. The average Bonchev–Trinajstić information content (AvgIpc) is 2.71. The first-order valence-corrected chi connectivity index (χ1v) is 11.7. The van der Waals surface area contributed by atoms with Gasteiger partial charge in [0.2, 0.25) is 0 Å². The lowest BCUT2D eigenvalue weighted by Gasteiger charge is -2.31. The van der Waals surface area contributed by atoms with Gasteiger partial charge in [-0.1, -0.05) is 42.5 Å². The number of carboxylic acids is 1. The van der Waals surface area contributed by atoms with Crippen molar-refractivity contribution in [2.24, 2.45) is 5.92 Å². The molecule has 1 saturated heterocycles. The van der Waals surface area contributed by atoms with Gasteiger partial charge in [-0.05, 0) is 68.0 Å². The third-order valence-corrected chi connectivity index (χ3v) is 7.74. The molecule has 3 unspecified atom stereocenters. The van der Waals surface area contributed by atoms with Crippen LogP contribution in [0.15, 0.2) is 42.5 Å². The molecule has 2 aromatic rings. The third-order valence-electron chi connectivity index (χ3n) is 6.13. The minimum Gasteiger partial charge on any atom is -0.481 e. The van der Waals surface area contributed by atoms with Crippen LogP contribution in [-0.2, 0) is 15.6 Å². The minimum absolute atomic E-state index is 0.170. The van der Waals surface area contributed by atoms with Crippen LogP contribution < -0.4 is 0 Å². The number of nitrogens with zero attached hydrogens (tertiary/aromatic N) is 1. The summed E-state index contributed by atoms with van der Waals surface area (Å²) < 4.78 is 13.6. The normalized spacial score (nSPS) is 19.6. The Morgan fingerprint density at radius 2 is 1.79 bits per heavy atom. The molecule has 0 radical (unpaired) electrons. The van der Waals surface area contributed by atoms with Crippen molar-refractivity contribution in [3.8, 4) is 0 Å². The lowest BCUT2D eigenvalue weighted by molar-refractivity contribution is -0.143. The molecule has 4 nitrogen and oxygen atoms in total. The van der Waals surface area contributed by atoms with Gasteiger partial charge in [0.05, 0.1) is 11.2 Å². The van der Waals surface area contributed by atoms with Gasteiger partial charge in [0.15, 0.2) is 0 Å². The molecule has 0 bridgehead atoms. The predicted molar refractivity (Wildman–Crippen MR) is 119 cm³/mol. The lowest BCUT2D eigenvalue weighted by atomic mass is 9.95. The van der Waals surface area contributed by atoms with Crippen LogP contribution in [0.2, 0.25) is 0 Å². The monoisotopic (exact) mass is 413 g/mol. The van der Waals surface area contributed by atoms with E-state index >= 15 is 0 Å². The summed E-state index contributed by atoms with van der Waals surface area (Å²) in [5, 5.41) is 9.15. The maximum Gasteiger partial charge on any atom is 0.307 e. The molecule has 1 aliphatic rings. The Morgan fingerprint density at radius 3 is 2.52 bits per heavy atom. The molecule has 1 heterocycles. The van der Waals surface area contributed by atoms with Crippen molar-refractivity contribution in [1.29, 1.82) is 0 Å². The Balaban J connectivity index is 1.83. The first-order valence-electron chi connectivity index (χ1n) is 10.3. The highest BCUT2D eigenvalue weighted by molar-refractivity contribution is 7.85. The highest BCUT2D eigenvalue weighted by Crippen LogP contribution is 2.33. The molecule has 5 heteroatoms. The van der Waals surface area contributed by atoms with E-state index in [4.69, 9.17) is 0 Å². The molecule has 29 heavy (non-hydrogen) atoms. The maximum atomic E-state index is 13.6. The van der Waals surface area contributed by atoms with E-state index in [1.165, 1.54) is 11.1 Å². The zero-order valence-corrected chi connectivity index (χ0v) is 18.4. The van der Waals surface area contributed by atoms with Gasteiger partial charge in [0, 0.05) is 29.6 Å². The zero-order valence-electron chi connectivity index (χ0n) is 17.6. The minimum atomic E-state index is -1.10. The first-order chi connectivity index (χ1) is 13.9. The Labute approximate surface area is 176 Å². The number of hydrogen-bond donors (Lipinski definition) is 1. The summed E-state index contributed by atoms with van der Waals surface area (Å²) in [5.74, 6) is -0.481. The van der Waals surface area contributed by atoms with Gasteiger partial charge in [-0.25, -0.2) is 0 Å². The van der Waals surface area contributed by atoms with Crippen LogP contribution in [0.3, 0.4) is 0 Å². The number of likely N-dealkylation sites (tertiary alicyclic amines) is 1. The number of aliphatic carboxylic acids is 1. The fraction of sp³-hybridized carbons (Fsp3) is 0.458. The quantitative estimate of drug-likeness (QED) is 0.737. The Hall–Kier alpha value is -1.98. The van der Waals surface area contributed by atoms with Gasteiger partial charge in [-0.15, -0.1) is 0 Å². The molecule has 3 atom stereocenters. The van der Waals surface area contributed by atoms with E-state index in [2.05, 4.69) is 49.9 Å². The zero-order chi connectivity index (χ0) is 21.0. The van der Waals surface area contributed by atoms with Crippen molar-refractivity contribution in [2.45, 2.75) is 38.9 Å². The first kappa shape index (κ1) is 21.7. The van der Waals surface area contributed by atoms with E-state index in [1.807, 2.05) is 18.2 Å². The SMILES string of the molecule is Cc1ccccc1C(c1cccc(C)c1C)S(=O)CCN1CCCC(C(=O)O)C1. The summed E-state index contributed by atoms with van der Waals surface area (Å²) in [4.78, 5) is 13.5. The number of carbonyl (C=O) groups is 1. The summed E-state index contributed by atoms with van der Waals surface area (Å²) in [5.41, 5.74) is 5.79. The van der Waals surface area contributed by atoms with Crippen LogP contribution in [0.5, 0.6) is 0 Å². The molecule has 0 aromatic heterocycles. The smallest absolute Gasteiger partial charge is 0.307 e. The van der Waals surface area contributed by atoms with Gasteiger partial charge in [0.1, 0.15) is 0 Å². The molecular formula is C24H31NO3S. The summed E-state index contributed by atoms with van der Waals surface area (Å²) in [6.07, 6.45) is 1.63. The Kier molecular flexibility index (Phi) is 7.25. The summed E-state index contributed by atoms with van der Waals surface area (Å²) in [6, 6.07) is 14.4. The molecule has 0 spiro atoms. The highest BCUT2D eigenvalue weighted by Gasteiger charge is 2.28. The Morgan fingerprint density at radius 1 is 1.10 bits per heavy atom. The van der Waals surface area contributed by atoms with E-state index in [9.17, 15) is 14.1 Å². The van der Waals surface area contributed by atoms with Crippen LogP contribution >= 0.6 is 0 Å². The van der Waals surface area contributed by atoms with Crippen molar-refractivity contribution in [2.75, 3.05) is 25.4 Å². The second-order valence-electron chi connectivity index (χ2n) is 8.09. The topological polar surface area (TPSA) is 57.6 Å².